The summed E-state index contributed by atoms with van der Waals surface area (Å²) in [5.41, 5.74) is 0.495. The second-order valence-corrected chi connectivity index (χ2v) is 5.21. The van der Waals surface area contributed by atoms with E-state index in [1.54, 1.807) is 0 Å². The normalized spacial score (nSPS) is 27.5. The quantitative estimate of drug-likeness (QED) is 0.881. The third-order valence-corrected chi connectivity index (χ3v) is 3.94. The van der Waals surface area contributed by atoms with Crippen LogP contribution in [0.15, 0.2) is 24.3 Å². The van der Waals surface area contributed by atoms with Crippen LogP contribution >= 0.6 is 11.6 Å². The van der Waals surface area contributed by atoms with E-state index in [9.17, 15) is 5.26 Å². The first kappa shape index (κ1) is 13.2. The predicted molar refractivity (Wildman–Crippen MR) is 74.7 cm³/mol. The third kappa shape index (κ3) is 2.60. The summed E-state index contributed by atoms with van der Waals surface area (Å²) in [4.78, 5) is 0. The summed E-state index contributed by atoms with van der Waals surface area (Å²) in [7, 11) is 0. The topological polar surface area (TPSA) is 47.9 Å². The van der Waals surface area contributed by atoms with Gasteiger partial charge in [0.05, 0.1) is 6.07 Å². The number of nitrogens with one attached hydrogen (secondary N) is 2. The highest BCUT2D eigenvalue weighted by molar-refractivity contribution is 6.30. The van der Waals surface area contributed by atoms with Crippen molar-refractivity contribution in [2.75, 3.05) is 18.4 Å². The van der Waals surface area contributed by atoms with Crippen LogP contribution in [0.1, 0.15) is 19.8 Å². The molecule has 1 saturated heterocycles. The Kier molecular flexibility index (Phi) is 4.11. The molecule has 2 rings (SSSR count). The highest BCUT2D eigenvalue weighted by Crippen LogP contribution is 2.31. The molecule has 96 valence electrons. The Balaban J connectivity index is 2.21. The van der Waals surface area contributed by atoms with Gasteiger partial charge in [0.1, 0.15) is 5.54 Å². The van der Waals surface area contributed by atoms with E-state index in [1.165, 1.54) is 0 Å². The van der Waals surface area contributed by atoms with Gasteiger partial charge in [-0.1, -0.05) is 18.5 Å². The summed E-state index contributed by atoms with van der Waals surface area (Å²) in [6, 6.07) is 10.0. The lowest BCUT2D eigenvalue weighted by molar-refractivity contribution is 0.276. The maximum atomic E-state index is 9.59. The van der Waals surface area contributed by atoms with Gasteiger partial charge in [0.25, 0.3) is 0 Å². The first-order chi connectivity index (χ1) is 8.70. The number of benzene rings is 1. The van der Waals surface area contributed by atoms with Crippen molar-refractivity contribution in [3.05, 3.63) is 29.3 Å². The molecule has 18 heavy (non-hydrogen) atoms. The Bertz CT molecular complexity index is 437. The summed E-state index contributed by atoms with van der Waals surface area (Å²) in [5.74, 6) is 0.326. The van der Waals surface area contributed by atoms with Crippen LogP contribution < -0.4 is 10.6 Å². The van der Waals surface area contributed by atoms with Gasteiger partial charge in [0, 0.05) is 23.2 Å². The fraction of sp³-hybridized carbons (Fsp3) is 0.500. The van der Waals surface area contributed by atoms with Crippen LogP contribution in [0.4, 0.5) is 5.69 Å². The minimum Gasteiger partial charge on any atom is -0.367 e. The van der Waals surface area contributed by atoms with Crippen LogP contribution in [0.25, 0.3) is 0 Å². The number of hydrogen-bond donors (Lipinski definition) is 2. The van der Waals surface area contributed by atoms with Gasteiger partial charge in [-0.25, -0.2) is 0 Å². The summed E-state index contributed by atoms with van der Waals surface area (Å²) >= 11 is 5.88. The van der Waals surface area contributed by atoms with E-state index in [2.05, 4.69) is 23.6 Å². The highest BCUT2D eigenvalue weighted by atomic mass is 35.5. The van der Waals surface area contributed by atoms with Gasteiger partial charge < -0.3 is 10.6 Å². The predicted octanol–water partition coefficient (Wildman–Crippen LogP) is 3.03. The number of nitrogens with zero attached hydrogens (tertiary/aromatic N) is 1. The number of halogens is 1. The maximum absolute atomic E-state index is 9.59. The van der Waals surface area contributed by atoms with Crippen LogP contribution in [0.3, 0.4) is 0 Å². The molecule has 0 bridgehead atoms. The molecule has 1 aliphatic heterocycles. The lowest BCUT2D eigenvalue weighted by atomic mass is 9.78. The molecule has 1 aliphatic rings. The van der Waals surface area contributed by atoms with Crippen molar-refractivity contribution in [1.29, 1.82) is 5.26 Å². The van der Waals surface area contributed by atoms with Gasteiger partial charge in [0.2, 0.25) is 0 Å². The summed E-state index contributed by atoms with van der Waals surface area (Å²) in [6.07, 6.45) is 1.81. The Hall–Kier alpha value is -1.24. The van der Waals surface area contributed by atoms with Crippen molar-refractivity contribution in [2.45, 2.75) is 25.3 Å². The smallest absolute Gasteiger partial charge is 0.130 e. The number of anilines is 1. The van der Waals surface area contributed by atoms with Crippen molar-refractivity contribution in [1.82, 2.24) is 5.32 Å². The molecule has 1 fully saturated rings. The van der Waals surface area contributed by atoms with Crippen LogP contribution in [0, 0.1) is 17.2 Å². The zero-order valence-corrected chi connectivity index (χ0v) is 11.3. The molecule has 0 radical (unpaired) electrons. The van der Waals surface area contributed by atoms with Crippen molar-refractivity contribution in [3.63, 3.8) is 0 Å². The number of nitriles is 1. The van der Waals surface area contributed by atoms with Crippen molar-refractivity contribution < 1.29 is 0 Å². The average molecular weight is 264 g/mol. The third-order valence-electron chi connectivity index (χ3n) is 3.69. The fourth-order valence-electron chi connectivity index (χ4n) is 2.56. The van der Waals surface area contributed by atoms with Crippen LogP contribution in [0.2, 0.25) is 5.02 Å². The molecule has 0 amide bonds. The number of rotatable bonds is 3. The number of hydrogen-bond acceptors (Lipinski definition) is 3. The molecule has 0 saturated carbocycles. The van der Waals surface area contributed by atoms with E-state index in [0.29, 0.717) is 10.9 Å². The van der Waals surface area contributed by atoms with Gasteiger partial charge in [-0.15, -0.1) is 0 Å². The summed E-state index contributed by atoms with van der Waals surface area (Å²) < 4.78 is 0. The molecule has 0 spiro atoms. The molecule has 2 atom stereocenters. The summed E-state index contributed by atoms with van der Waals surface area (Å²) in [5, 5.41) is 17.1. The van der Waals surface area contributed by atoms with E-state index in [-0.39, 0.29) is 0 Å². The Morgan fingerprint density at radius 2 is 2.22 bits per heavy atom. The Morgan fingerprint density at radius 1 is 1.50 bits per heavy atom. The van der Waals surface area contributed by atoms with Crippen LogP contribution in [0.5, 0.6) is 0 Å². The Morgan fingerprint density at radius 3 is 2.83 bits per heavy atom. The molecule has 1 aromatic carbocycles. The lowest BCUT2D eigenvalue weighted by Crippen LogP contribution is -2.54. The molecule has 0 aliphatic carbocycles. The standard InChI is InChI=1S/C14H18ClN3/c1-2-11-9-17-8-7-14(11,10-16)18-13-5-3-12(15)4-6-13/h3-6,11,17-18H,2,7-9H2,1H3. The SMILES string of the molecule is CCC1CNCCC1(C#N)Nc1ccc(Cl)cc1. The molecule has 3 nitrogen and oxygen atoms in total. The second-order valence-electron chi connectivity index (χ2n) is 4.77. The maximum Gasteiger partial charge on any atom is 0.130 e. The van der Waals surface area contributed by atoms with Crippen LogP contribution in [-0.2, 0) is 0 Å². The van der Waals surface area contributed by atoms with E-state index >= 15 is 0 Å². The monoisotopic (exact) mass is 263 g/mol. The molecule has 1 heterocycles. The molecule has 0 aromatic heterocycles. The number of piperidine rings is 1. The molecule has 2 N–H and O–H groups in total. The molecular weight excluding hydrogens is 246 g/mol. The van der Waals surface area contributed by atoms with Gasteiger partial charge in [-0.3, -0.25) is 0 Å². The highest BCUT2D eigenvalue weighted by Gasteiger charge is 2.40. The van der Waals surface area contributed by atoms with Gasteiger partial charge in [-0.05, 0) is 43.7 Å². The van der Waals surface area contributed by atoms with Crippen molar-refractivity contribution >= 4 is 17.3 Å². The minimum absolute atomic E-state index is 0.326. The lowest BCUT2D eigenvalue weighted by Gasteiger charge is -2.40. The molecule has 1 aromatic rings. The van der Waals surface area contributed by atoms with Gasteiger partial charge in [-0.2, -0.15) is 5.26 Å². The van der Waals surface area contributed by atoms with E-state index in [1.807, 2.05) is 24.3 Å². The van der Waals surface area contributed by atoms with E-state index < -0.39 is 5.54 Å². The molecule has 4 heteroatoms. The average Bonchev–Trinajstić information content (AvgIpc) is 2.42. The Labute approximate surface area is 113 Å². The van der Waals surface area contributed by atoms with Crippen LogP contribution in [-0.4, -0.2) is 18.6 Å². The van der Waals surface area contributed by atoms with Crippen molar-refractivity contribution in [2.24, 2.45) is 5.92 Å². The zero-order valence-electron chi connectivity index (χ0n) is 10.5. The zero-order chi connectivity index (χ0) is 13.0. The second kappa shape index (κ2) is 5.60. The van der Waals surface area contributed by atoms with E-state index in [4.69, 9.17) is 11.6 Å². The first-order valence-electron chi connectivity index (χ1n) is 6.36. The molecule has 2 unspecified atom stereocenters. The van der Waals surface area contributed by atoms with E-state index in [0.717, 1.165) is 31.6 Å². The summed E-state index contributed by atoms with van der Waals surface area (Å²) in [6.45, 7) is 3.91. The first-order valence-corrected chi connectivity index (χ1v) is 6.73. The fourth-order valence-corrected chi connectivity index (χ4v) is 2.69. The van der Waals surface area contributed by atoms with Gasteiger partial charge >= 0.3 is 0 Å². The molecular formula is C14H18ClN3. The van der Waals surface area contributed by atoms with Crippen molar-refractivity contribution in [3.8, 4) is 6.07 Å². The largest absolute Gasteiger partial charge is 0.367 e. The minimum atomic E-state index is -0.464. The van der Waals surface area contributed by atoms with Gasteiger partial charge in [0.15, 0.2) is 0 Å².